The molecule has 0 bridgehead atoms. The van der Waals surface area contributed by atoms with Crippen molar-refractivity contribution in [1.82, 2.24) is 9.55 Å². The van der Waals surface area contributed by atoms with E-state index >= 15 is 0 Å². The summed E-state index contributed by atoms with van der Waals surface area (Å²) in [7, 11) is 0. The molecule has 3 aromatic rings. The lowest BCUT2D eigenvalue weighted by Crippen LogP contribution is -2.09. The van der Waals surface area contributed by atoms with Crippen molar-refractivity contribution >= 4 is 22.6 Å². The Labute approximate surface area is 130 Å². The first-order chi connectivity index (χ1) is 10.1. The molecular weight excluding hydrogens is 280 g/mol. The predicted molar refractivity (Wildman–Crippen MR) is 89.0 cm³/mol. The van der Waals surface area contributed by atoms with Crippen LogP contribution in [-0.2, 0) is 0 Å². The molecule has 0 fully saturated rings. The van der Waals surface area contributed by atoms with Crippen LogP contribution in [0.3, 0.4) is 0 Å². The average molecular weight is 299 g/mol. The van der Waals surface area contributed by atoms with Crippen LogP contribution in [0.5, 0.6) is 0 Å². The summed E-state index contributed by atoms with van der Waals surface area (Å²) >= 11 is 6.71. The summed E-state index contributed by atoms with van der Waals surface area (Å²) in [6.07, 6.45) is 0. The third-order valence-electron chi connectivity index (χ3n) is 3.71. The van der Waals surface area contributed by atoms with Crippen molar-refractivity contribution in [3.8, 4) is 0 Å². The van der Waals surface area contributed by atoms with Gasteiger partial charge in [0.15, 0.2) is 0 Å². The first kappa shape index (κ1) is 14.2. The first-order valence-electron chi connectivity index (χ1n) is 7.25. The number of fused-ring (bicyclic) bond motifs is 1. The van der Waals surface area contributed by atoms with Crippen LogP contribution in [0.25, 0.3) is 11.0 Å². The maximum atomic E-state index is 6.71. The van der Waals surface area contributed by atoms with Crippen LogP contribution < -0.4 is 0 Å². The highest BCUT2D eigenvalue weighted by molar-refractivity contribution is 6.22. The van der Waals surface area contributed by atoms with Crippen molar-refractivity contribution in [3.05, 3.63) is 65.5 Å². The monoisotopic (exact) mass is 298 g/mol. The Kier molecular flexibility index (Phi) is 3.73. The van der Waals surface area contributed by atoms with E-state index in [-0.39, 0.29) is 5.38 Å². The van der Waals surface area contributed by atoms with E-state index in [0.717, 1.165) is 22.4 Å². The fraction of sp³-hybridized carbons (Fsp3) is 0.278. The molecule has 1 aromatic heterocycles. The van der Waals surface area contributed by atoms with Crippen molar-refractivity contribution in [3.63, 3.8) is 0 Å². The van der Waals surface area contributed by atoms with Gasteiger partial charge in [-0.15, -0.1) is 11.6 Å². The number of aromatic nitrogens is 2. The standard InChI is InChI=1S/C18H19ClN2/c1-12(2)21-16-10-9-13(3)11-15(16)20-18(21)17(19)14-7-5-4-6-8-14/h4-12,17H,1-3H3. The maximum Gasteiger partial charge on any atom is 0.132 e. The quantitative estimate of drug-likeness (QED) is 0.604. The summed E-state index contributed by atoms with van der Waals surface area (Å²) in [6, 6.07) is 16.8. The normalized spacial score (nSPS) is 13.0. The third-order valence-corrected chi connectivity index (χ3v) is 4.15. The first-order valence-corrected chi connectivity index (χ1v) is 7.69. The maximum absolute atomic E-state index is 6.71. The van der Waals surface area contributed by atoms with Crippen molar-refractivity contribution in [2.75, 3.05) is 0 Å². The molecule has 0 saturated carbocycles. The van der Waals surface area contributed by atoms with Crippen LogP contribution in [0.15, 0.2) is 48.5 Å². The molecule has 2 nitrogen and oxygen atoms in total. The number of hydrogen-bond acceptors (Lipinski definition) is 1. The molecule has 0 aliphatic rings. The molecule has 21 heavy (non-hydrogen) atoms. The van der Waals surface area contributed by atoms with Crippen LogP contribution in [-0.4, -0.2) is 9.55 Å². The highest BCUT2D eigenvalue weighted by Gasteiger charge is 2.21. The second-order valence-corrected chi connectivity index (χ2v) is 6.14. The van der Waals surface area contributed by atoms with Gasteiger partial charge in [-0.1, -0.05) is 36.4 Å². The van der Waals surface area contributed by atoms with Gasteiger partial charge in [-0.25, -0.2) is 4.98 Å². The molecule has 0 saturated heterocycles. The van der Waals surface area contributed by atoms with Gasteiger partial charge in [0.05, 0.1) is 11.0 Å². The second-order valence-electron chi connectivity index (χ2n) is 5.70. The van der Waals surface area contributed by atoms with Crippen LogP contribution in [0.1, 0.15) is 42.2 Å². The van der Waals surface area contributed by atoms with Crippen LogP contribution in [0.2, 0.25) is 0 Å². The predicted octanol–water partition coefficient (Wildman–Crippen LogP) is 5.25. The van der Waals surface area contributed by atoms with Crippen LogP contribution in [0, 0.1) is 6.92 Å². The highest BCUT2D eigenvalue weighted by atomic mass is 35.5. The van der Waals surface area contributed by atoms with Gasteiger partial charge in [-0.2, -0.15) is 0 Å². The molecule has 1 heterocycles. The molecule has 0 N–H and O–H groups in total. The van der Waals surface area contributed by atoms with E-state index in [1.54, 1.807) is 0 Å². The minimum absolute atomic E-state index is 0.235. The minimum atomic E-state index is -0.235. The molecule has 0 spiro atoms. The van der Waals surface area contributed by atoms with E-state index in [2.05, 4.69) is 43.5 Å². The number of hydrogen-bond donors (Lipinski definition) is 0. The lowest BCUT2D eigenvalue weighted by atomic mass is 10.1. The average Bonchev–Trinajstić information content (AvgIpc) is 2.85. The molecule has 3 rings (SSSR count). The SMILES string of the molecule is Cc1ccc2c(c1)nc(C(Cl)c1ccccc1)n2C(C)C. The van der Waals surface area contributed by atoms with Crippen molar-refractivity contribution < 1.29 is 0 Å². The smallest absolute Gasteiger partial charge is 0.132 e. The molecule has 0 amide bonds. The van der Waals surface area contributed by atoms with Gasteiger partial charge >= 0.3 is 0 Å². The number of alkyl halides is 1. The van der Waals surface area contributed by atoms with E-state index in [9.17, 15) is 0 Å². The van der Waals surface area contributed by atoms with Gasteiger partial charge in [0, 0.05) is 6.04 Å². The van der Waals surface area contributed by atoms with E-state index < -0.39 is 0 Å². The lowest BCUT2D eigenvalue weighted by Gasteiger charge is -2.16. The zero-order valence-electron chi connectivity index (χ0n) is 12.5. The highest BCUT2D eigenvalue weighted by Crippen LogP contribution is 2.33. The molecule has 0 aliphatic heterocycles. The van der Waals surface area contributed by atoms with Crippen molar-refractivity contribution in [2.45, 2.75) is 32.2 Å². The zero-order valence-corrected chi connectivity index (χ0v) is 13.3. The largest absolute Gasteiger partial charge is 0.324 e. The summed E-state index contributed by atoms with van der Waals surface area (Å²) in [5, 5.41) is -0.235. The Morgan fingerprint density at radius 2 is 1.76 bits per heavy atom. The summed E-state index contributed by atoms with van der Waals surface area (Å²) in [6.45, 7) is 6.42. The summed E-state index contributed by atoms with van der Waals surface area (Å²) < 4.78 is 2.24. The van der Waals surface area contributed by atoms with E-state index in [1.807, 2.05) is 30.3 Å². The van der Waals surface area contributed by atoms with E-state index in [0.29, 0.717) is 6.04 Å². The number of rotatable bonds is 3. The molecule has 0 aliphatic carbocycles. The Bertz CT molecular complexity index is 759. The van der Waals surface area contributed by atoms with Crippen LogP contribution >= 0.6 is 11.6 Å². The van der Waals surface area contributed by atoms with Gasteiger partial charge in [0.2, 0.25) is 0 Å². The zero-order chi connectivity index (χ0) is 15.0. The molecule has 1 atom stereocenters. The van der Waals surface area contributed by atoms with Crippen molar-refractivity contribution in [2.24, 2.45) is 0 Å². The number of halogens is 1. The number of benzene rings is 2. The summed E-state index contributed by atoms with van der Waals surface area (Å²) in [5.74, 6) is 0.915. The van der Waals surface area contributed by atoms with Gasteiger partial charge in [0.25, 0.3) is 0 Å². The number of aryl methyl sites for hydroxylation is 1. The fourth-order valence-corrected chi connectivity index (χ4v) is 3.02. The Morgan fingerprint density at radius 3 is 2.43 bits per heavy atom. The van der Waals surface area contributed by atoms with Gasteiger partial charge < -0.3 is 4.57 Å². The number of imidazole rings is 1. The second kappa shape index (κ2) is 5.53. The number of nitrogens with zero attached hydrogens (tertiary/aromatic N) is 2. The Morgan fingerprint density at radius 1 is 1.05 bits per heavy atom. The van der Waals surface area contributed by atoms with Gasteiger partial charge in [-0.05, 0) is 44.0 Å². The molecule has 108 valence electrons. The van der Waals surface area contributed by atoms with Crippen LogP contribution in [0.4, 0.5) is 0 Å². The molecular formula is C18H19ClN2. The fourth-order valence-electron chi connectivity index (χ4n) is 2.72. The lowest BCUT2D eigenvalue weighted by molar-refractivity contribution is 0.588. The molecule has 2 aromatic carbocycles. The summed E-state index contributed by atoms with van der Waals surface area (Å²) in [4.78, 5) is 4.80. The molecule has 3 heteroatoms. The minimum Gasteiger partial charge on any atom is -0.324 e. The van der Waals surface area contributed by atoms with Crippen molar-refractivity contribution in [1.29, 1.82) is 0 Å². The molecule has 1 unspecified atom stereocenters. The Balaban J connectivity index is 2.19. The Hall–Kier alpha value is -1.80. The van der Waals surface area contributed by atoms with E-state index in [4.69, 9.17) is 16.6 Å². The van der Waals surface area contributed by atoms with Gasteiger partial charge in [0.1, 0.15) is 11.2 Å². The van der Waals surface area contributed by atoms with E-state index in [1.165, 1.54) is 5.56 Å². The van der Waals surface area contributed by atoms with Gasteiger partial charge in [-0.3, -0.25) is 0 Å². The summed E-state index contributed by atoms with van der Waals surface area (Å²) in [5.41, 5.74) is 4.45. The third kappa shape index (κ3) is 2.56. The topological polar surface area (TPSA) is 17.8 Å². The molecule has 0 radical (unpaired) electrons.